The third-order valence-corrected chi connectivity index (χ3v) is 1.71. The van der Waals surface area contributed by atoms with Crippen LogP contribution in [0, 0.1) is 11.8 Å². The monoisotopic (exact) mass is 234 g/mol. The lowest BCUT2D eigenvalue weighted by molar-refractivity contribution is 0.290. The molecule has 0 atom stereocenters. The van der Waals surface area contributed by atoms with Crippen LogP contribution in [0.15, 0.2) is 18.3 Å². The number of anilines is 1. The predicted molar refractivity (Wildman–Crippen MR) is 72.9 cm³/mol. The molecule has 0 amide bonds. The van der Waals surface area contributed by atoms with E-state index >= 15 is 0 Å². The first kappa shape index (κ1) is 15.5. The van der Waals surface area contributed by atoms with Crippen molar-refractivity contribution in [2.24, 2.45) is 0 Å². The molecule has 3 nitrogen and oxygen atoms in total. The number of hydrogen-bond donors (Lipinski definition) is 2. The van der Waals surface area contributed by atoms with Crippen LogP contribution in [0.4, 0.5) is 5.82 Å². The summed E-state index contributed by atoms with van der Waals surface area (Å²) in [6, 6.07) is 3.76. The zero-order chi connectivity index (χ0) is 12.9. The molecule has 0 saturated carbocycles. The summed E-state index contributed by atoms with van der Waals surface area (Å²) in [6.07, 6.45) is 4.44. The molecule has 0 aliphatic heterocycles. The van der Waals surface area contributed by atoms with Crippen LogP contribution in [0.5, 0.6) is 0 Å². The van der Waals surface area contributed by atoms with Crippen molar-refractivity contribution >= 4 is 5.82 Å². The van der Waals surface area contributed by atoms with Crippen molar-refractivity contribution in [2.45, 2.75) is 33.1 Å². The molecule has 0 fully saturated rings. The van der Waals surface area contributed by atoms with E-state index in [0.717, 1.165) is 24.2 Å². The van der Waals surface area contributed by atoms with Gasteiger partial charge in [0.15, 0.2) is 0 Å². The quantitative estimate of drug-likeness (QED) is 0.624. The Morgan fingerprint density at radius 1 is 1.41 bits per heavy atom. The first-order valence-electron chi connectivity index (χ1n) is 6.02. The zero-order valence-corrected chi connectivity index (χ0v) is 11.0. The number of pyridine rings is 1. The van der Waals surface area contributed by atoms with Gasteiger partial charge in [0.1, 0.15) is 5.82 Å². The van der Waals surface area contributed by atoms with Crippen LogP contribution in [0.25, 0.3) is 0 Å². The van der Waals surface area contributed by atoms with E-state index in [0.29, 0.717) is 0 Å². The van der Waals surface area contributed by atoms with Gasteiger partial charge in [-0.3, -0.25) is 0 Å². The molecular weight excluding hydrogens is 212 g/mol. The van der Waals surface area contributed by atoms with E-state index in [1.54, 1.807) is 6.20 Å². The Balaban J connectivity index is 0.000000770. The molecule has 1 aromatic heterocycles. The normalized spacial score (nSPS) is 8.47. The fraction of sp³-hybridized carbons (Fsp3) is 0.500. The van der Waals surface area contributed by atoms with Gasteiger partial charge in [0.25, 0.3) is 0 Å². The van der Waals surface area contributed by atoms with Crippen molar-refractivity contribution in [3.05, 3.63) is 23.9 Å². The van der Waals surface area contributed by atoms with Gasteiger partial charge >= 0.3 is 0 Å². The minimum absolute atomic E-state index is 0.201. The topological polar surface area (TPSA) is 45.1 Å². The molecule has 1 heterocycles. The molecule has 2 N–H and O–H groups in total. The first-order valence-corrected chi connectivity index (χ1v) is 6.02. The number of aliphatic hydroxyl groups excluding tert-OH is 1. The van der Waals surface area contributed by atoms with Crippen LogP contribution in [0.3, 0.4) is 0 Å². The number of nitrogens with zero attached hydrogens (tertiary/aromatic N) is 1. The van der Waals surface area contributed by atoms with Gasteiger partial charge in [0.2, 0.25) is 0 Å². The number of nitrogens with one attached hydrogen (secondary N) is 1. The summed E-state index contributed by atoms with van der Waals surface area (Å²) in [4.78, 5) is 4.08. The van der Waals surface area contributed by atoms with Crippen LogP contribution in [-0.4, -0.2) is 23.7 Å². The van der Waals surface area contributed by atoms with Crippen molar-refractivity contribution in [3.8, 4) is 11.8 Å². The first-order chi connectivity index (χ1) is 8.28. The van der Waals surface area contributed by atoms with Gasteiger partial charge < -0.3 is 10.4 Å². The van der Waals surface area contributed by atoms with Crippen molar-refractivity contribution in [2.75, 3.05) is 19.0 Å². The SMILES string of the molecule is CCC.CNc1cc(C#CCCCO)ccn1. The number of rotatable bonds is 3. The largest absolute Gasteiger partial charge is 0.396 e. The second-order valence-electron chi connectivity index (χ2n) is 3.52. The Kier molecular flexibility index (Phi) is 9.98. The van der Waals surface area contributed by atoms with E-state index < -0.39 is 0 Å². The second kappa shape index (κ2) is 11.0. The average molecular weight is 234 g/mol. The molecular formula is C14H22N2O. The van der Waals surface area contributed by atoms with Crippen molar-refractivity contribution in [1.29, 1.82) is 0 Å². The lowest BCUT2D eigenvalue weighted by Gasteiger charge is -1.97. The Hall–Kier alpha value is -1.53. The fourth-order valence-corrected chi connectivity index (χ4v) is 0.977. The van der Waals surface area contributed by atoms with E-state index in [1.165, 1.54) is 6.42 Å². The van der Waals surface area contributed by atoms with Crippen LogP contribution < -0.4 is 5.32 Å². The zero-order valence-electron chi connectivity index (χ0n) is 11.0. The summed E-state index contributed by atoms with van der Waals surface area (Å²) in [6.45, 7) is 4.45. The molecule has 0 saturated heterocycles. The highest BCUT2D eigenvalue weighted by molar-refractivity contribution is 5.43. The Morgan fingerprint density at radius 2 is 2.12 bits per heavy atom. The summed E-state index contributed by atoms with van der Waals surface area (Å²) < 4.78 is 0. The Labute approximate surface area is 104 Å². The number of aliphatic hydroxyl groups is 1. The van der Waals surface area contributed by atoms with E-state index in [2.05, 4.69) is 36.0 Å². The summed E-state index contributed by atoms with van der Waals surface area (Å²) >= 11 is 0. The standard InChI is InChI=1S/C11H14N2O.C3H8/c1-12-11-9-10(6-7-13-11)5-3-2-4-8-14;1-3-2/h6-7,9,14H,2,4,8H2,1H3,(H,12,13);3H2,1-2H3. The fourth-order valence-electron chi connectivity index (χ4n) is 0.977. The molecule has 0 aromatic carbocycles. The minimum atomic E-state index is 0.201. The molecule has 1 aromatic rings. The van der Waals surface area contributed by atoms with E-state index in [1.807, 2.05) is 19.2 Å². The molecule has 0 unspecified atom stereocenters. The molecule has 1 rings (SSSR count). The number of hydrogen-bond acceptors (Lipinski definition) is 3. The summed E-state index contributed by atoms with van der Waals surface area (Å²) in [5.41, 5.74) is 0.947. The lowest BCUT2D eigenvalue weighted by Crippen LogP contribution is -1.91. The lowest BCUT2D eigenvalue weighted by atomic mass is 10.2. The minimum Gasteiger partial charge on any atom is -0.396 e. The van der Waals surface area contributed by atoms with Crippen LogP contribution in [-0.2, 0) is 0 Å². The van der Waals surface area contributed by atoms with Crippen LogP contribution in [0.1, 0.15) is 38.7 Å². The van der Waals surface area contributed by atoms with Crippen LogP contribution in [0.2, 0.25) is 0 Å². The van der Waals surface area contributed by atoms with Gasteiger partial charge in [0, 0.05) is 31.8 Å². The highest BCUT2D eigenvalue weighted by atomic mass is 16.2. The van der Waals surface area contributed by atoms with Crippen LogP contribution >= 0.6 is 0 Å². The van der Waals surface area contributed by atoms with Crippen molar-refractivity contribution < 1.29 is 5.11 Å². The molecule has 3 heteroatoms. The summed E-state index contributed by atoms with van der Waals surface area (Å²) in [7, 11) is 1.82. The third-order valence-electron chi connectivity index (χ3n) is 1.71. The molecule has 17 heavy (non-hydrogen) atoms. The van der Waals surface area contributed by atoms with Gasteiger partial charge in [-0.1, -0.05) is 32.1 Å². The maximum Gasteiger partial charge on any atom is 0.126 e. The molecule has 0 aliphatic carbocycles. The van der Waals surface area contributed by atoms with E-state index in [4.69, 9.17) is 5.11 Å². The third kappa shape index (κ3) is 8.29. The Bertz CT molecular complexity index is 353. The summed E-state index contributed by atoms with van der Waals surface area (Å²) in [5, 5.41) is 11.5. The maximum absolute atomic E-state index is 8.56. The summed E-state index contributed by atoms with van der Waals surface area (Å²) in [5.74, 6) is 6.82. The molecule has 0 bridgehead atoms. The Morgan fingerprint density at radius 3 is 2.71 bits per heavy atom. The highest BCUT2D eigenvalue weighted by Gasteiger charge is 1.90. The predicted octanol–water partition coefficient (Wildman–Crippen LogP) is 2.66. The van der Waals surface area contributed by atoms with Gasteiger partial charge in [-0.2, -0.15) is 0 Å². The van der Waals surface area contributed by atoms with Gasteiger partial charge in [0.05, 0.1) is 0 Å². The van der Waals surface area contributed by atoms with Gasteiger partial charge in [-0.25, -0.2) is 4.98 Å². The van der Waals surface area contributed by atoms with Gasteiger partial charge in [-0.15, -0.1) is 0 Å². The van der Waals surface area contributed by atoms with Gasteiger partial charge in [-0.05, 0) is 18.6 Å². The second-order valence-corrected chi connectivity index (χ2v) is 3.52. The number of unbranched alkanes of at least 4 members (excludes halogenated alkanes) is 1. The van der Waals surface area contributed by atoms with E-state index in [-0.39, 0.29) is 6.61 Å². The molecule has 0 radical (unpaired) electrons. The van der Waals surface area contributed by atoms with Crippen molar-refractivity contribution in [3.63, 3.8) is 0 Å². The average Bonchev–Trinajstić information content (AvgIpc) is 2.36. The molecule has 94 valence electrons. The number of aromatic nitrogens is 1. The molecule has 0 spiro atoms. The highest BCUT2D eigenvalue weighted by Crippen LogP contribution is 2.04. The maximum atomic E-state index is 8.56. The molecule has 0 aliphatic rings. The van der Waals surface area contributed by atoms with E-state index in [9.17, 15) is 0 Å². The van der Waals surface area contributed by atoms with Crippen molar-refractivity contribution in [1.82, 2.24) is 4.98 Å². The smallest absolute Gasteiger partial charge is 0.126 e.